The van der Waals surface area contributed by atoms with Crippen molar-refractivity contribution < 1.29 is 9.13 Å². The van der Waals surface area contributed by atoms with Gasteiger partial charge in [-0.25, -0.2) is 4.39 Å². The third-order valence-corrected chi connectivity index (χ3v) is 3.09. The number of halogens is 1. The van der Waals surface area contributed by atoms with Crippen molar-refractivity contribution in [2.24, 2.45) is 0 Å². The summed E-state index contributed by atoms with van der Waals surface area (Å²) in [4.78, 5) is 4.10. The highest BCUT2D eigenvalue weighted by Gasteiger charge is 2.13. The first-order valence-electron chi connectivity index (χ1n) is 6.14. The van der Waals surface area contributed by atoms with Crippen LogP contribution < -0.4 is 10.1 Å². The van der Waals surface area contributed by atoms with Crippen LogP contribution in [0.2, 0.25) is 0 Å². The lowest BCUT2D eigenvalue weighted by Gasteiger charge is -2.17. The zero-order chi connectivity index (χ0) is 13.7. The van der Waals surface area contributed by atoms with Gasteiger partial charge in [-0.1, -0.05) is 12.1 Å². The van der Waals surface area contributed by atoms with Crippen LogP contribution in [-0.2, 0) is 6.42 Å². The van der Waals surface area contributed by atoms with Crippen LogP contribution in [0.3, 0.4) is 0 Å². The van der Waals surface area contributed by atoms with Crippen molar-refractivity contribution in [2.75, 3.05) is 14.2 Å². The highest BCUT2D eigenvalue weighted by Crippen LogP contribution is 2.24. The van der Waals surface area contributed by atoms with E-state index < -0.39 is 0 Å². The van der Waals surface area contributed by atoms with Gasteiger partial charge in [0, 0.05) is 18.4 Å². The van der Waals surface area contributed by atoms with E-state index in [2.05, 4.69) is 10.3 Å². The molecule has 0 radical (unpaired) electrons. The molecule has 0 saturated heterocycles. The molecular weight excluding hydrogens is 243 g/mol. The molecule has 1 unspecified atom stereocenters. The molecule has 0 aliphatic rings. The number of hydrogen-bond donors (Lipinski definition) is 1. The average molecular weight is 260 g/mol. The Labute approximate surface area is 112 Å². The first kappa shape index (κ1) is 13.5. The molecule has 0 saturated carbocycles. The van der Waals surface area contributed by atoms with Crippen molar-refractivity contribution in [3.8, 4) is 5.75 Å². The summed E-state index contributed by atoms with van der Waals surface area (Å²) in [7, 11) is 3.36. The van der Waals surface area contributed by atoms with E-state index in [1.807, 2.05) is 25.4 Å². The van der Waals surface area contributed by atoms with Gasteiger partial charge in [0.25, 0.3) is 0 Å². The number of hydrogen-bond acceptors (Lipinski definition) is 3. The average Bonchev–Trinajstić information content (AvgIpc) is 2.46. The molecule has 2 rings (SSSR count). The number of pyridine rings is 1. The van der Waals surface area contributed by atoms with Crippen molar-refractivity contribution in [2.45, 2.75) is 12.5 Å². The maximum atomic E-state index is 13.4. The fourth-order valence-corrected chi connectivity index (χ4v) is 2.03. The van der Waals surface area contributed by atoms with Crippen LogP contribution in [0.15, 0.2) is 42.7 Å². The molecule has 0 bridgehead atoms. The molecule has 1 aromatic heterocycles. The monoisotopic (exact) mass is 260 g/mol. The second-order valence-corrected chi connectivity index (χ2v) is 4.30. The molecule has 1 heterocycles. The first-order valence-corrected chi connectivity index (χ1v) is 6.14. The van der Waals surface area contributed by atoms with Gasteiger partial charge < -0.3 is 10.1 Å². The normalized spacial score (nSPS) is 12.2. The number of rotatable bonds is 5. The summed E-state index contributed by atoms with van der Waals surface area (Å²) >= 11 is 0. The predicted molar refractivity (Wildman–Crippen MR) is 72.7 cm³/mol. The Balaban J connectivity index is 2.22. The molecule has 2 aromatic rings. The van der Waals surface area contributed by atoms with Gasteiger partial charge >= 0.3 is 0 Å². The number of benzene rings is 1. The minimum absolute atomic E-state index is 0.0960. The highest BCUT2D eigenvalue weighted by atomic mass is 19.1. The third-order valence-electron chi connectivity index (χ3n) is 3.09. The van der Waals surface area contributed by atoms with Crippen LogP contribution in [0.25, 0.3) is 0 Å². The number of ether oxygens (including phenoxy) is 1. The van der Waals surface area contributed by atoms with Crippen LogP contribution in [0.4, 0.5) is 4.39 Å². The molecule has 3 nitrogen and oxygen atoms in total. The number of nitrogens with one attached hydrogen (secondary N) is 1. The van der Waals surface area contributed by atoms with E-state index in [1.54, 1.807) is 18.3 Å². The van der Waals surface area contributed by atoms with E-state index in [9.17, 15) is 4.39 Å². The lowest BCUT2D eigenvalue weighted by molar-refractivity contribution is 0.385. The van der Waals surface area contributed by atoms with Gasteiger partial charge in [0.05, 0.1) is 7.11 Å². The van der Waals surface area contributed by atoms with Crippen LogP contribution in [0.5, 0.6) is 5.75 Å². The van der Waals surface area contributed by atoms with Gasteiger partial charge in [0.15, 0.2) is 11.6 Å². The van der Waals surface area contributed by atoms with E-state index in [0.717, 1.165) is 17.5 Å². The van der Waals surface area contributed by atoms with Gasteiger partial charge in [0.1, 0.15) is 0 Å². The molecule has 100 valence electrons. The Hall–Kier alpha value is -1.94. The Kier molecular flexibility index (Phi) is 4.47. The topological polar surface area (TPSA) is 34.2 Å². The Morgan fingerprint density at radius 2 is 2.21 bits per heavy atom. The summed E-state index contributed by atoms with van der Waals surface area (Å²) in [6.45, 7) is 0. The number of aromatic nitrogens is 1. The van der Waals surface area contributed by atoms with E-state index in [1.165, 1.54) is 13.2 Å². The van der Waals surface area contributed by atoms with E-state index >= 15 is 0 Å². The molecule has 4 heteroatoms. The van der Waals surface area contributed by atoms with Crippen molar-refractivity contribution in [3.63, 3.8) is 0 Å². The molecule has 1 aromatic carbocycles. The molecule has 0 aliphatic heterocycles. The maximum absolute atomic E-state index is 13.4. The molecule has 0 spiro atoms. The fourth-order valence-electron chi connectivity index (χ4n) is 2.03. The standard InChI is InChI=1S/C15H17FN2O/c1-17-14(8-11-4-3-7-18-10-11)12-5-6-13(16)15(9-12)19-2/h3-7,9-10,14,17H,8H2,1-2H3. The van der Waals surface area contributed by atoms with Crippen LogP contribution >= 0.6 is 0 Å². The van der Waals surface area contributed by atoms with Crippen LogP contribution in [0, 0.1) is 5.82 Å². The highest BCUT2D eigenvalue weighted by molar-refractivity contribution is 5.33. The molecule has 1 N–H and O–H groups in total. The Bertz CT molecular complexity index is 531. The quantitative estimate of drug-likeness (QED) is 0.897. The third kappa shape index (κ3) is 3.29. The van der Waals surface area contributed by atoms with Gasteiger partial charge in [-0.15, -0.1) is 0 Å². The largest absolute Gasteiger partial charge is 0.494 e. The first-order chi connectivity index (χ1) is 9.24. The minimum atomic E-state index is -0.345. The summed E-state index contributed by atoms with van der Waals surface area (Å²) in [6.07, 6.45) is 4.38. The van der Waals surface area contributed by atoms with Gasteiger partial charge in [-0.2, -0.15) is 0 Å². The summed E-state index contributed by atoms with van der Waals surface area (Å²) in [5.74, 6) is -0.0774. The molecular formula is C15H17FN2O. The molecule has 0 amide bonds. The summed E-state index contributed by atoms with van der Waals surface area (Å²) < 4.78 is 18.4. The van der Waals surface area contributed by atoms with Crippen molar-refractivity contribution >= 4 is 0 Å². The lowest BCUT2D eigenvalue weighted by atomic mass is 9.99. The van der Waals surface area contributed by atoms with E-state index in [0.29, 0.717) is 0 Å². The summed E-state index contributed by atoms with van der Waals surface area (Å²) in [6, 6.07) is 8.97. The van der Waals surface area contributed by atoms with Crippen LogP contribution in [0.1, 0.15) is 17.2 Å². The molecule has 1 atom stereocenters. The number of nitrogens with zero attached hydrogens (tertiary/aromatic N) is 1. The zero-order valence-corrected chi connectivity index (χ0v) is 11.1. The molecule has 0 fully saturated rings. The number of likely N-dealkylation sites (N-methyl/N-ethyl adjacent to an activating group) is 1. The lowest BCUT2D eigenvalue weighted by Crippen LogP contribution is -2.19. The zero-order valence-electron chi connectivity index (χ0n) is 11.1. The van der Waals surface area contributed by atoms with Crippen molar-refractivity contribution in [1.82, 2.24) is 10.3 Å². The molecule has 0 aliphatic carbocycles. The summed E-state index contributed by atoms with van der Waals surface area (Å²) in [5, 5.41) is 3.23. The van der Waals surface area contributed by atoms with Crippen molar-refractivity contribution in [3.05, 3.63) is 59.7 Å². The van der Waals surface area contributed by atoms with Gasteiger partial charge in [-0.05, 0) is 42.8 Å². The molecule has 19 heavy (non-hydrogen) atoms. The summed E-state index contributed by atoms with van der Waals surface area (Å²) in [5.41, 5.74) is 2.12. The Morgan fingerprint density at radius 3 is 2.84 bits per heavy atom. The minimum Gasteiger partial charge on any atom is -0.494 e. The second-order valence-electron chi connectivity index (χ2n) is 4.30. The van der Waals surface area contributed by atoms with E-state index in [4.69, 9.17) is 4.74 Å². The number of methoxy groups -OCH3 is 1. The Morgan fingerprint density at radius 1 is 1.37 bits per heavy atom. The fraction of sp³-hybridized carbons (Fsp3) is 0.267. The predicted octanol–water partition coefficient (Wildman–Crippen LogP) is 2.73. The smallest absolute Gasteiger partial charge is 0.165 e. The second kappa shape index (κ2) is 6.29. The van der Waals surface area contributed by atoms with Gasteiger partial charge in [0.2, 0.25) is 0 Å². The maximum Gasteiger partial charge on any atom is 0.165 e. The van der Waals surface area contributed by atoms with Gasteiger partial charge in [-0.3, -0.25) is 4.98 Å². The SMILES string of the molecule is CNC(Cc1cccnc1)c1ccc(F)c(OC)c1. The van der Waals surface area contributed by atoms with E-state index in [-0.39, 0.29) is 17.6 Å². The van der Waals surface area contributed by atoms with Crippen molar-refractivity contribution in [1.29, 1.82) is 0 Å². The van der Waals surface area contributed by atoms with Crippen LogP contribution in [-0.4, -0.2) is 19.1 Å².